The molecule has 0 bridgehead atoms. The molecule has 0 aliphatic carbocycles. The van der Waals surface area contributed by atoms with Gasteiger partial charge in [-0.25, -0.2) is 9.97 Å². The third-order valence-corrected chi connectivity index (χ3v) is 5.07. The van der Waals surface area contributed by atoms with Crippen molar-refractivity contribution in [1.82, 2.24) is 9.97 Å². The van der Waals surface area contributed by atoms with Crippen LogP contribution in [0.5, 0.6) is 0 Å². The van der Waals surface area contributed by atoms with E-state index in [0.29, 0.717) is 11.6 Å². The average molecular weight is 362 g/mol. The SMILES string of the molecule is Cc1sc2ncnc(N(C)CCC(=O)O)c2c1-c1ccc(Cl)cc1. The Morgan fingerprint density at radius 3 is 2.67 bits per heavy atom. The Hall–Kier alpha value is -2.18. The number of hydrogen-bond acceptors (Lipinski definition) is 5. The number of halogens is 1. The fraction of sp³-hybridized carbons (Fsp3) is 0.235. The van der Waals surface area contributed by atoms with Gasteiger partial charge in [-0.1, -0.05) is 23.7 Å². The van der Waals surface area contributed by atoms with Crippen molar-refractivity contribution in [2.45, 2.75) is 13.3 Å². The van der Waals surface area contributed by atoms with E-state index in [1.807, 2.05) is 36.2 Å². The predicted octanol–water partition coefficient (Wildman–Crippen LogP) is 4.23. The summed E-state index contributed by atoms with van der Waals surface area (Å²) < 4.78 is 0. The van der Waals surface area contributed by atoms with E-state index in [1.165, 1.54) is 6.33 Å². The number of thiophene rings is 1. The van der Waals surface area contributed by atoms with Gasteiger partial charge in [0.15, 0.2) is 0 Å². The van der Waals surface area contributed by atoms with Crippen molar-refractivity contribution in [1.29, 1.82) is 0 Å². The van der Waals surface area contributed by atoms with Gasteiger partial charge in [-0.05, 0) is 24.6 Å². The van der Waals surface area contributed by atoms with Crippen molar-refractivity contribution in [2.75, 3.05) is 18.5 Å². The number of fused-ring (bicyclic) bond motifs is 1. The topological polar surface area (TPSA) is 66.3 Å². The fourth-order valence-electron chi connectivity index (χ4n) is 2.65. The Labute approximate surface area is 148 Å². The molecule has 124 valence electrons. The maximum absolute atomic E-state index is 10.9. The summed E-state index contributed by atoms with van der Waals surface area (Å²) in [5, 5.41) is 10.6. The first-order valence-electron chi connectivity index (χ1n) is 7.40. The van der Waals surface area contributed by atoms with Crippen molar-refractivity contribution in [3.8, 4) is 11.1 Å². The lowest BCUT2D eigenvalue weighted by molar-refractivity contribution is -0.136. The molecule has 0 atom stereocenters. The van der Waals surface area contributed by atoms with Gasteiger partial charge in [-0.15, -0.1) is 11.3 Å². The van der Waals surface area contributed by atoms with Crippen LogP contribution in [0.1, 0.15) is 11.3 Å². The number of carboxylic acid groups (broad SMARTS) is 1. The zero-order chi connectivity index (χ0) is 17.3. The normalized spacial score (nSPS) is 11.0. The number of aromatic nitrogens is 2. The summed E-state index contributed by atoms with van der Waals surface area (Å²) in [5.74, 6) is -0.0814. The second-order valence-electron chi connectivity index (χ2n) is 5.48. The van der Waals surface area contributed by atoms with E-state index in [1.54, 1.807) is 11.3 Å². The molecule has 0 aliphatic heterocycles. The van der Waals surface area contributed by atoms with E-state index in [9.17, 15) is 4.79 Å². The molecule has 0 saturated heterocycles. The minimum absolute atomic E-state index is 0.0569. The van der Waals surface area contributed by atoms with E-state index in [0.717, 1.165) is 32.0 Å². The highest BCUT2D eigenvalue weighted by atomic mass is 35.5. The molecule has 5 nitrogen and oxygen atoms in total. The van der Waals surface area contributed by atoms with Crippen LogP contribution in [0.4, 0.5) is 5.82 Å². The molecule has 2 heterocycles. The lowest BCUT2D eigenvalue weighted by Gasteiger charge is -2.18. The molecule has 0 saturated carbocycles. The lowest BCUT2D eigenvalue weighted by atomic mass is 10.0. The van der Waals surface area contributed by atoms with Crippen LogP contribution in [-0.4, -0.2) is 34.6 Å². The summed E-state index contributed by atoms with van der Waals surface area (Å²) >= 11 is 7.60. The van der Waals surface area contributed by atoms with Gasteiger partial charge < -0.3 is 10.0 Å². The van der Waals surface area contributed by atoms with Gasteiger partial charge in [0.25, 0.3) is 0 Å². The first kappa shape index (κ1) is 16.7. The maximum Gasteiger partial charge on any atom is 0.305 e. The fourth-order valence-corrected chi connectivity index (χ4v) is 3.78. The van der Waals surface area contributed by atoms with Gasteiger partial charge in [0.1, 0.15) is 17.0 Å². The minimum Gasteiger partial charge on any atom is -0.481 e. The third-order valence-electron chi connectivity index (χ3n) is 3.80. The number of carboxylic acids is 1. The number of rotatable bonds is 5. The zero-order valence-corrected chi connectivity index (χ0v) is 14.9. The smallest absolute Gasteiger partial charge is 0.305 e. The molecular formula is C17H16ClN3O2S. The molecule has 1 aromatic carbocycles. The molecule has 0 fully saturated rings. The summed E-state index contributed by atoms with van der Waals surface area (Å²) in [7, 11) is 1.85. The third kappa shape index (κ3) is 3.20. The molecule has 7 heteroatoms. The van der Waals surface area contributed by atoms with E-state index >= 15 is 0 Å². The van der Waals surface area contributed by atoms with Crippen LogP contribution in [0.2, 0.25) is 5.02 Å². The molecule has 3 aromatic rings. The van der Waals surface area contributed by atoms with E-state index in [4.69, 9.17) is 16.7 Å². The molecule has 0 radical (unpaired) electrons. The molecule has 3 rings (SSSR count). The van der Waals surface area contributed by atoms with Gasteiger partial charge in [0.2, 0.25) is 0 Å². The van der Waals surface area contributed by atoms with Gasteiger partial charge in [0.05, 0.1) is 11.8 Å². The van der Waals surface area contributed by atoms with Gasteiger partial charge in [-0.2, -0.15) is 0 Å². The van der Waals surface area contributed by atoms with E-state index in [2.05, 4.69) is 16.9 Å². The first-order chi connectivity index (χ1) is 11.5. The molecule has 0 aliphatic rings. The summed E-state index contributed by atoms with van der Waals surface area (Å²) in [4.78, 5) is 23.5. The summed E-state index contributed by atoms with van der Waals surface area (Å²) in [6.45, 7) is 2.44. The van der Waals surface area contributed by atoms with Crippen LogP contribution in [0.3, 0.4) is 0 Å². The molecular weight excluding hydrogens is 346 g/mol. The van der Waals surface area contributed by atoms with Crippen LogP contribution in [0.15, 0.2) is 30.6 Å². The Morgan fingerprint density at radius 1 is 1.29 bits per heavy atom. The minimum atomic E-state index is -0.827. The molecule has 24 heavy (non-hydrogen) atoms. The zero-order valence-electron chi connectivity index (χ0n) is 13.3. The predicted molar refractivity (Wildman–Crippen MR) is 98.1 cm³/mol. The Morgan fingerprint density at radius 2 is 2.00 bits per heavy atom. The highest BCUT2D eigenvalue weighted by molar-refractivity contribution is 7.19. The standard InChI is InChI=1S/C17H16ClN3O2S/c1-10-14(11-3-5-12(18)6-4-11)15-16(19-9-20-17(15)24-10)21(2)8-7-13(22)23/h3-6,9H,7-8H2,1-2H3,(H,22,23). The van der Waals surface area contributed by atoms with E-state index < -0.39 is 5.97 Å². The number of carbonyl (C=O) groups is 1. The summed E-state index contributed by atoms with van der Waals surface area (Å²) in [6, 6.07) is 7.67. The van der Waals surface area contributed by atoms with Crippen LogP contribution < -0.4 is 4.90 Å². The van der Waals surface area contributed by atoms with E-state index in [-0.39, 0.29) is 6.42 Å². The van der Waals surface area contributed by atoms with Crippen LogP contribution in [-0.2, 0) is 4.79 Å². The largest absolute Gasteiger partial charge is 0.481 e. The second kappa shape index (κ2) is 6.75. The number of anilines is 1. The van der Waals surface area contributed by atoms with Crippen molar-refractivity contribution in [3.63, 3.8) is 0 Å². The summed E-state index contributed by atoms with van der Waals surface area (Å²) in [5.41, 5.74) is 2.12. The highest BCUT2D eigenvalue weighted by Crippen LogP contribution is 2.41. The van der Waals surface area contributed by atoms with Crippen LogP contribution >= 0.6 is 22.9 Å². The van der Waals surface area contributed by atoms with Crippen LogP contribution in [0.25, 0.3) is 21.3 Å². The van der Waals surface area contributed by atoms with Gasteiger partial charge in [0, 0.05) is 29.1 Å². The van der Waals surface area contributed by atoms with Gasteiger partial charge >= 0.3 is 5.97 Å². The average Bonchev–Trinajstić information content (AvgIpc) is 2.89. The first-order valence-corrected chi connectivity index (χ1v) is 8.60. The number of nitrogens with zero attached hydrogens (tertiary/aromatic N) is 3. The van der Waals surface area contributed by atoms with Crippen molar-refractivity contribution in [3.05, 3.63) is 40.5 Å². The Kier molecular flexibility index (Phi) is 4.69. The highest BCUT2D eigenvalue weighted by Gasteiger charge is 2.19. The monoisotopic (exact) mass is 361 g/mol. The molecule has 1 N–H and O–H groups in total. The molecule has 0 unspecified atom stereocenters. The van der Waals surface area contributed by atoms with Crippen molar-refractivity contribution in [2.24, 2.45) is 0 Å². The molecule has 0 amide bonds. The lowest BCUT2D eigenvalue weighted by Crippen LogP contribution is -2.22. The molecule has 0 spiro atoms. The number of aliphatic carboxylic acids is 1. The molecule has 2 aromatic heterocycles. The van der Waals surface area contributed by atoms with Crippen LogP contribution in [0, 0.1) is 6.92 Å². The van der Waals surface area contributed by atoms with Crippen molar-refractivity contribution < 1.29 is 9.90 Å². The number of aryl methyl sites for hydroxylation is 1. The quantitative estimate of drug-likeness (QED) is 0.736. The maximum atomic E-state index is 10.9. The summed E-state index contributed by atoms with van der Waals surface area (Å²) in [6.07, 6.45) is 1.58. The number of benzene rings is 1. The van der Waals surface area contributed by atoms with Gasteiger partial charge in [-0.3, -0.25) is 4.79 Å². The van der Waals surface area contributed by atoms with Crippen molar-refractivity contribution >= 4 is 44.9 Å². The Bertz CT molecular complexity index is 893. The number of hydrogen-bond donors (Lipinski definition) is 1. The Balaban J connectivity index is 2.14. The second-order valence-corrected chi connectivity index (χ2v) is 7.12.